The Morgan fingerprint density at radius 1 is 0.824 bits per heavy atom. The average molecular weight is 542 g/mol. The van der Waals surface area contributed by atoms with Gasteiger partial charge in [-0.25, -0.2) is 8.42 Å². The van der Waals surface area contributed by atoms with Crippen molar-refractivity contribution in [2.24, 2.45) is 0 Å². The zero-order valence-corrected chi connectivity index (χ0v) is 19.6. The molecule has 0 amide bonds. The zero-order chi connectivity index (χ0) is 23.8. The first-order valence-electron chi connectivity index (χ1n) is 9.09. The van der Waals surface area contributed by atoms with Crippen LogP contribution in [0.4, 0.5) is 11.4 Å². The lowest BCUT2D eigenvalue weighted by molar-refractivity contribution is 0.484. The van der Waals surface area contributed by atoms with Crippen LogP contribution in [0.3, 0.4) is 0 Å². The Kier molecular flexibility index (Phi) is 7.38. The summed E-state index contributed by atoms with van der Waals surface area (Å²) in [6.07, 6.45) is 0. The predicted molar refractivity (Wildman–Crippen MR) is 130 cm³/mol. The molecule has 2 N–H and O–H groups in total. The van der Waals surface area contributed by atoms with Gasteiger partial charge in [-0.1, -0.05) is 49.4 Å². The van der Waals surface area contributed by atoms with Gasteiger partial charge >= 0.3 is 0 Å². The molecule has 0 aliphatic carbocycles. The van der Waals surface area contributed by atoms with Crippen LogP contribution in [0.25, 0.3) is 11.0 Å². The number of hydrogen-bond donors (Lipinski definition) is 2. The summed E-state index contributed by atoms with van der Waals surface area (Å²) in [4.78, 5) is -0.942. The topological polar surface area (TPSA) is 146 Å². The van der Waals surface area contributed by atoms with Gasteiger partial charge in [-0.05, 0) is 47.5 Å². The summed E-state index contributed by atoms with van der Waals surface area (Å²) < 4.78 is 84.4. The van der Waals surface area contributed by atoms with E-state index in [2.05, 4.69) is 9.44 Å². The number of anilines is 2. The highest BCUT2D eigenvalue weighted by Gasteiger charge is 2.24. The van der Waals surface area contributed by atoms with Gasteiger partial charge in [0.2, 0.25) is 5.09 Å². The lowest BCUT2D eigenvalue weighted by Gasteiger charge is -2.16. The first-order chi connectivity index (χ1) is 15.6. The Morgan fingerprint density at radius 3 is 2.18 bits per heavy atom. The van der Waals surface area contributed by atoms with Gasteiger partial charge in [-0.15, -0.1) is 0 Å². The van der Waals surface area contributed by atoms with Crippen molar-refractivity contribution >= 4 is 65.1 Å². The number of para-hydroxylation sites is 1. The maximum absolute atomic E-state index is 12.9. The fourth-order valence-electron chi connectivity index (χ4n) is 2.98. The molecule has 1 aromatic heterocycles. The van der Waals surface area contributed by atoms with Crippen LogP contribution >= 0.6 is 11.6 Å². The second-order valence-electron chi connectivity index (χ2n) is 6.69. The summed E-state index contributed by atoms with van der Waals surface area (Å²) in [6.45, 7) is 0. The van der Waals surface area contributed by atoms with Crippen molar-refractivity contribution in [3.8, 4) is 0 Å². The molecule has 34 heavy (non-hydrogen) atoms. The number of rotatable bonds is 7. The lowest BCUT2D eigenvalue weighted by Crippen LogP contribution is -2.18. The molecule has 0 bridgehead atoms. The zero-order valence-electron chi connectivity index (χ0n) is 16.4. The number of benzene rings is 3. The standard InChI is InChI=1S/C20H15ClN2O7S3.CH4/c21-14-9-10-15(22-32(26,27)19-8-4-3-7-18(19)31(24)25)16(12-14)23-33(28,29)20-11-13-5-1-2-6-17(13)30-20;/h1-12,22-23H,(H,24,25);1H4/p-1. The Balaban J connectivity index is 0.00000324. The van der Waals surface area contributed by atoms with Crippen molar-refractivity contribution in [3.63, 3.8) is 0 Å². The van der Waals surface area contributed by atoms with E-state index < -0.39 is 40.9 Å². The van der Waals surface area contributed by atoms with E-state index in [1.165, 1.54) is 36.4 Å². The smallest absolute Gasteiger partial charge is 0.295 e. The Labute approximate surface area is 204 Å². The van der Waals surface area contributed by atoms with Crippen LogP contribution in [-0.2, 0) is 31.1 Å². The second kappa shape index (κ2) is 9.76. The molecule has 180 valence electrons. The van der Waals surface area contributed by atoms with E-state index in [4.69, 9.17) is 16.0 Å². The van der Waals surface area contributed by atoms with Gasteiger partial charge in [-0.2, -0.15) is 8.42 Å². The third-order valence-corrected chi connectivity index (χ3v) is 8.18. The monoisotopic (exact) mass is 541 g/mol. The Bertz CT molecular complexity index is 1570. The van der Waals surface area contributed by atoms with E-state index in [1.54, 1.807) is 24.3 Å². The summed E-state index contributed by atoms with van der Waals surface area (Å²) in [7, 11) is -8.67. The molecule has 4 rings (SSSR count). The van der Waals surface area contributed by atoms with Crippen LogP contribution in [0.2, 0.25) is 5.02 Å². The van der Waals surface area contributed by atoms with Crippen molar-refractivity contribution in [1.82, 2.24) is 0 Å². The molecule has 0 saturated carbocycles. The third-order valence-electron chi connectivity index (χ3n) is 4.46. The van der Waals surface area contributed by atoms with Crippen LogP contribution in [0.5, 0.6) is 0 Å². The maximum atomic E-state index is 12.9. The van der Waals surface area contributed by atoms with Gasteiger partial charge in [0.1, 0.15) is 10.5 Å². The highest BCUT2D eigenvalue weighted by Crippen LogP contribution is 2.32. The van der Waals surface area contributed by atoms with E-state index in [0.717, 1.165) is 12.1 Å². The lowest BCUT2D eigenvalue weighted by atomic mass is 10.3. The normalized spacial score (nSPS) is 12.6. The van der Waals surface area contributed by atoms with E-state index >= 15 is 0 Å². The van der Waals surface area contributed by atoms with Crippen LogP contribution in [0.1, 0.15) is 7.43 Å². The molecule has 3 aromatic carbocycles. The molecule has 0 radical (unpaired) electrons. The fraction of sp³-hybridized carbons (Fsp3) is 0.0476. The Hall–Kier alpha value is -2.90. The minimum Gasteiger partial charge on any atom is -0.768 e. The second-order valence-corrected chi connectivity index (χ2v) is 11.3. The van der Waals surface area contributed by atoms with E-state index in [0.29, 0.717) is 11.0 Å². The number of halogens is 1. The third kappa shape index (κ3) is 5.26. The molecule has 1 unspecified atom stereocenters. The van der Waals surface area contributed by atoms with Gasteiger partial charge in [0.15, 0.2) is 0 Å². The molecule has 13 heteroatoms. The number of hydrogen-bond acceptors (Lipinski definition) is 7. The van der Waals surface area contributed by atoms with Crippen LogP contribution in [0.15, 0.2) is 92.1 Å². The van der Waals surface area contributed by atoms with Crippen LogP contribution < -0.4 is 9.44 Å². The molecule has 0 fully saturated rings. The quantitative estimate of drug-likeness (QED) is 0.326. The van der Waals surface area contributed by atoms with Crippen molar-refractivity contribution in [1.29, 1.82) is 0 Å². The molecular formula is C21H18ClN2O7S3-. The summed E-state index contributed by atoms with van der Waals surface area (Å²) in [6, 6.07) is 16.8. The number of nitrogens with one attached hydrogen (secondary N) is 2. The average Bonchev–Trinajstić information content (AvgIpc) is 3.21. The van der Waals surface area contributed by atoms with Crippen molar-refractivity contribution in [3.05, 3.63) is 77.8 Å². The highest BCUT2D eigenvalue weighted by atomic mass is 35.5. The summed E-state index contributed by atoms with van der Waals surface area (Å²) in [5.74, 6) is 0. The van der Waals surface area contributed by atoms with Crippen molar-refractivity contribution in [2.75, 3.05) is 9.44 Å². The molecule has 1 heterocycles. The number of fused-ring (bicyclic) bond motifs is 1. The van der Waals surface area contributed by atoms with Crippen molar-refractivity contribution in [2.45, 2.75) is 22.3 Å². The first kappa shape index (κ1) is 25.7. The minimum atomic E-state index is -4.41. The SMILES string of the molecule is C.O=S([O-])c1ccccc1S(=O)(=O)Nc1ccc(Cl)cc1NS(=O)(=O)c1cc2ccccc2o1. The molecule has 0 aliphatic rings. The van der Waals surface area contributed by atoms with E-state index in [9.17, 15) is 25.6 Å². The van der Waals surface area contributed by atoms with Gasteiger partial charge in [0, 0.05) is 21.4 Å². The molecule has 0 aliphatic heterocycles. The molecule has 0 saturated heterocycles. The molecule has 1 atom stereocenters. The Morgan fingerprint density at radius 2 is 1.47 bits per heavy atom. The maximum Gasteiger partial charge on any atom is 0.295 e. The van der Waals surface area contributed by atoms with Gasteiger partial charge in [0.05, 0.1) is 11.4 Å². The van der Waals surface area contributed by atoms with Gasteiger partial charge in [0.25, 0.3) is 20.0 Å². The van der Waals surface area contributed by atoms with E-state index in [-0.39, 0.29) is 28.9 Å². The fourth-order valence-corrected chi connectivity index (χ4v) is 6.32. The summed E-state index contributed by atoms with van der Waals surface area (Å²) in [5.41, 5.74) is -0.00931. The molecule has 0 spiro atoms. The molecular weight excluding hydrogens is 524 g/mol. The summed E-state index contributed by atoms with van der Waals surface area (Å²) >= 11 is 3.18. The van der Waals surface area contributed by atoms with Crippen LogP contribution in [-0.4, -0.2) is 25.6 Å². The summed E-state index contributed by atoms with van der Waals surface area (Å²) in [5, 5.41) is 0.304. The van der Waals surface area contributed by atoms with Crippen molar-refractivity contribution < 1.29 is 30.0 Å². The highest BCUT2D eigenvalue weighted by molar-refractivity contribution is 7.93. The van der Waals surface area contributed by atoms with Gasteiger partial charge < -0.3 is 8.97 Å². The van der Waals surface area contributed by atoms with Crippen LogP contribution in [0, 0.1) is 0 Å². The number of sulfonamides is 2. The minimum absolute atomic E-state index is 0. The molecule has 9 nitrogen and oxygen atoms in total. The first-order valence-corrected chi connectivity index (χ1v) is 13.5. The predicted octanol–water partition coefficient (Wildman–Crippen LogP) is 4.56. The largest absolute Gasteiger partial charge is 0.768 e. The van der Waals surface area contributed by atoms with Gasteiger partial charge in [-0.3, -0.25) is 13.7 Å². The number of furan rings is 1. The van der Waals surface area contributed by atoms with E-state index in [1.807, 2.05) is 0 Å². The molecule has 4 aromatic rings.